The predicted molar refractivity (Wildman–Crippen MR) is 107 cm³/mol. The zero-order chi connectivity index (χ0) is 18.7. The molecule has 2 aromatic rings. The number of hydrogen-bond donors (Lipinski definition) is 2. The molecule has 142 valence electrons. The molecular weight excluding hydrogens is 344 g/mol. The lowest BCUT2D eigenvalue weighted by Gasteiger charge is -2.26. The van der Waals surface area contributed by atoms with Crippen molar-refractivity contribution < 1.29 is 4.79 Å². The Morgan fingerprint density at radius 1 is 1.38 bits per heavy atom. The highest BCUT2D eigenvalue weighted by Crippen LogP contribution is 2.33. The van der Waals surface area contributed by atoms with Gasteiger partial charge in [-0.2, -0.15) is 5.10 Å². The molecular formula is C20H30N4OS. The van der Waals surface area contributed by atoms with E-state index in [4.69, 9.17) is 5.73 Å². The maximum absolute atomic E-state index is 12.8. The van der Waals surface area contributed by atoms with E-state index in [1.807, 2.05) is 30.9 Å². The van der Waals surface area contributed by atoms with Crippen molar-refractivity contribution >= 4 is 17.2 Å². The molecule has 0 spiro atoms. The minimum atomic E-state index is -0.00423. The highest BCUT2D eigenvalue weighted by molar-refractivity contribution is 7.14. The lowest BCUT2D eigenvalue weighted by atomic mass is 9.85. The van der Waals surface area contributed by atoms with Gasteiger partial charge in [-0.05, 0) is 37.8 Å². The molecule has 2 heterocycles. The molecule has 3 rings (SSSR count). The molecule has 5 nitrogen and oxygen atoms in total. The van der Waals surface area contributed by atoms with Crippen molar-refractivity contribution in [2.45, 2.75) is 58.4 Å². The second-order valence-corrected chi connectivity index (χ2v) is 8.78. The maximum atomic E-state index is 12.8. The van der Waals surface area contributed by atoms with Gasteiger partial charge in [0.25, 0.3) is 5.91 Å². The van der Waals surface area contributed by atoms with E-state index in [9.17, 15) is 4.79 Å². The van der Waals surface area contributed by atoms with Gasteiger partial charge in [-0.25, -0.2) is 0 Å². The summed E-state index contributed by atoms with van der Waals surface area (Å²) in [5.41, 5.74) is 9.24. The van der Waals surface area contributed by atoms with Crippen molar-refractivity contribution in [2.75, 3.05) is 6.54 Å². The highest BCUT2D eigenvalue weighted by atomic mass is 32.1. The minimum Gasteiger partial charge on any atom is -0.347 e. The largest absolute Gasteiger partial charge is 0.347 e. The first-order valence-corrected chi connectivity index (χ1v) is 10.4. The number of aryl methyl sites for hydroxylation is 3. The molecule has 26 heavy (non-hydrogen) atoms. The SMILES string of the molecule is Cc1cnn(C)c1-c1cc(C(=O)N[C@H](CN)CC2CCCCC2)sc1C. The number of nitrogens with one attached hydrogen (secondary N) is 1. The number of nitrogens with two attached hydrogens (primary N) is 1. The standard InChI is InChI=1S/C20H30N4OS/c1-13-12-22-24(3)19(13)17-10-18(26-14(17)2)20(25)23-16(11-21)9-15-7-5-4-6-8-15/h10,12,15-16H,4-9,11,21H2,1-3H3,(H,23,25)/t16-/m0/s1. The van der Waals surface area contributed by atoms with Gasteiger partial charge in [0.1, 0.15) is 0 Å². The molecule has 0 aromatic carbocycles. The summed E-state index contributed by atoms with van der Waals surface area (Å²) in [6.45, 7) is 4.61. The molecule has 3 N–H and O–H groups in total. The monoisotopic (exact) mass is 374 g/mol. The van der Waals surface area contributed by atoms with Crippen molar-refractivity contribution in [1.82, 2.24) is 15.1 Å². The Bertz CT molecular complexity index is 738. The van der Waals surface area contributed by atoms with Gasteiger partial charge in [0.05, 0.1) is 16.8 Å². The Morgan fingerprint density at radius 2 is 2.12 bits per heavy atom. The Labute approximate surface area is 160 Å². The Kier molecular flexibility index (Phi) is 6.14. The van der Waals surface area contributed by atoms with Crippen LogP contribution in [-0.4, -0.2) is 28.3 Å². The molecule has 1 fully saturated rings. The number of thiophene rings is 1. The summed E-state index contributed by atoms with van der Waals surface area (Å²) >= 11 is 1.54. The summed E-state index contributed by atoms with van der Waals surface area (Å²) in [6.07, 6.45) is 9.38. The highest BCUT2D eigenvalue weighted by Gasteiger charge is 2.22. The van der Waals surface area contributed by atoms with Crippen molar-refractivity contribution in [3.05, 3.63) is 27.6 Å². The third-order valence-electron chi connectivity index (χ3n) is 5.48. The summed E-state index contributed by atoms with van der Waals surface area (Å²) in [5.74, 6) is 0.700. The van der Waals surface area contributed by atoms with Gasteiger partial charge in [-0.3, -0.25) is 9.48 Å². The maximum Gasteiger partial charge on any atom is 0.261 e. The molecule has 6 heteroatoms. The zero-order valence-electron chi connectivity index (χ0n) is 16.0. The van der Waals surface area contributed by atoms with E-state index in [1.165, 1.54) is 32.1 Å². The predicted octanol–water partition coefficient (Wildman–Crippen LogP) is 3.79. The average Bonchev–Trinajstić information content (AvgIpc) is 3.17. The molecule has 1 aliphatic carbocycles. The van der Waals surface area contributed by atoms with Crippen LogP contribution in [0, 0.1) is 19.8 Å². The molecule has 1 saturated carbocycles. The topological polar surface area (TPSA) is 72.9 Å². The molecule has 0 unspecified atom stereocenters. The number of hydrogen-bond acceptors (Lipinski definition) is 4. The van der Waals surface area contributed by atoms with E-state index in [0.29, 0.717) is 12.5 Å². The lowest BCUT2D eigenvalue weighted by molar-refractivity contribution is 0.0934. The van der Waals surface area contributed by atoms with E-state index < -0.39 is 0 Å². The number of carbonyl (C=O) groups excluding carboxylic acids is 1. The van der Waals surface area contributed by atoms with E-state index in [-0.39, 0.29) is 11.9 Å². The number of amides is 1. The van der Waals surface area contributed by atoms with Crippen LogP contribution in [0.2, 0.25) is 0 Å². The summed E-state index contributed by atoms with van der Waals surface area (Å²) in [6, 6.07) is 2.06. The van der Waals surface area contributed by atoms with Crippen LogP contribution in [0.3, 0.4) is 0 Å². The smallest absolute Gasteiger partial charge is 0.261 e. The van der Waals surface area contributed by atoms with E-state index in [2.05, 4.69) is 17.3 Å². The third kappa shape index (κ3) is 4.18. The normalized spacial score (nSPS) is 16.6. The number of nitrogens with zero attached hydrogens (tertiary/aromatic N) is 2. The van der Waals surface area contributed by atoms with Crippen LogP contribution >= 0.6 is 11.3 Å². The average molecular weight is 375 g/mol. The summed E-state index contributed by atoms with van der Waals surface area (Å²) in [4.78, 5) is 14.7. The van der Waals surface area contributed by atoms with E-state index >= 15 is 0 Å². The molecule has 0 aliphatic heterocycles. The Balaban J connectivity index is 1.70. The summed E-state index contributed by atoms with van der Waals surface area (Å²) in [5, 5.41) is 7.49. The molecule has 0 saturated heterocycles. The summed E-state index contributed by atoms with van der Waals surface area (Å²) < 4.78 is 1.87. The lowest BCUT2D eigenvalue weighted by Crippen LogP contribution is -2.41. The van der Waals surface area contributed by atoms with Crippen molar-refractivity contribution in [3.63, 3.8) is 0 Å². The first-order valence-electron chi connectivity index (χ1n) is 9.60. The number of carbonyl (C=O) groups is 1. The van der Waals surface area contributed by atoms with Crippen molar-refractivity contribution in [2.24, 2.45) is 18.7 Å². The first-order chi connectivity index (χ1) is 12.5. The summed E-state index contributed by atoms with van der Waals surface area (Å²) in [7, 11) is 1.94. The van der Waals surface area contributed by atoms with Gasteiger partial charge in [0, 0.05) is 30.1 Å². The van der Waals surface area contributed by atoms with Crippen LogP contribution in [0.15, 0.2) is 12.3 Å². The van der Waals surface area contributed by atoms with Crippen LogP contribution in [0.5, 0.6) is 0 Å². The second-order valence-electron chi connectivity index (χ2n) is 7.53. The van der Waals surface area contributed by atoms with Crippen molar-refractivity contribution in [3.8, 4) is 11.3 Å². The molecule has 1 atom stereocenters. The molecule has 2 aromatic heterocycles. The Hall–Kier alpha value is -1.66. The third-order valence-corrected chi connectivity index (χ3v) is 6.53. The van der Waals surface area contributed by atoms with Crippen LogP contribution < -0.4 is 11.1 Å². The van der Waals surface area contributed by atoms with E-state index in [0.717, 1.165) is 33.0 Å². The molecule has 1 amide bonds. The zero-order valence-corrected chi connectivity index (χ0v) is 16.9. The van der Waals surface area contributed by atoms with Crippen LogP contribution in [0.25, 0.3) is 11.3 Å². The van der Waals surface area contributed by atoms with Gasteiger partial charge in [-0.1, -0.05) is 32.1 Å². The molecule has 1 aliphatic rings. The second kappa shape index (κ2) is 8.35. The van der Waals surface area contributed by atoms with Gasteiger partial charge in [0.2, 0.25) is 0 Å². The van der Waals surface area contributed by atoms with E-state index in [1.54, 1.807) is 11.3 Å². The molecule has 0 radical (unpaired) electrons. The van der Waals surface area contributed by atoms with Gasteiger partial charge >= 0.3 is 0 Å². The fourth-order valence-corrected chi connectivity index (χ4v) is 4.98. The van der Waals surface area contributed by atoms with Crippen LogP contribution in [0.4, 0.5) is 0 Å². The van der Waals surface area contributed by atoms with Gasteiger partial charge in [0.15, 0.2) is 0 Å². The van der Waals surface area contributed by atoms with Crippen LogP contribution in [0.1, 0.15) is 58.6 Å². The fourth-order valence-electron chi connectivity index (χ4n) is 4.06. The van der Waals surface area contributed by atoms with Gasteiger partial charge < -0.3 is 11.1 Å². The quantitative estimate of drug-likeness (QED) is 0.808. The Morgan fingerprint density at radius 3 is 2.73 bits per heavy atom. The fraction of sp³-hybridized carbons (Fsp3) is 0.600. The first kappa shape index (κ1) is 19.1. The number of aromatic nitrogens is 2. The van der Waals surface area contributed by atoms with Crippen molar-refractivity contribution in [1.29, 1.82) is 0 Å². The van der Waals surface area contributed by atoms with Crippen LogP contribution in [-0.2, 0) is 7.05 Å². The minimum absolute atomic E-state index is 0.00423. The number of rotatable bonds is 6. The van der Waals surface area contributed by atoms with Gasteiger partial charge in [-0.15, -0.1) is 11.3 Å². The molecule has 0 bridgehead atoms.